The Morgan fingerprint density at radius 1 is 1.19 bits per heavy atom. The Hall–Kier alpha value is -2.97. The van der Waals surface area contributed by atoms with Gasteiger partial charge in [0.25, 0.3) is 5.91 Å². The fourth-order valence-corrected chi connectivity index (χ4v) is 4.82. The average Bonchev–Trinajstić information content (AvgIpc) is 3.41. The fraction of sp³-hybridized carbons (Fsp3) is 0.292. The number of esters is 1. The number of carbonyl (C=O) groups excluding carboxylic acids is 2. The van der Waals surface area contributed by atoms with Gasteiger partial charge in [0, 0.05) is 17.6 Å². The Kier molecular flexibility index (Phi) is 5.35. The molecule has 3 aromatic rings. The molecule has 1 fully saturated rings. The Labute approximate surface area is 192 Å². The Morgan fingerprint density at radius 2 is 1.97 bits per heavy atom. The van der Waals surface area contributed by atoms with E-state index in [9.17, 15) is 14.4 Å². The van der Waals surface area contributed by atoms with Gasteiger partial charge < -0.3 is 18.8 Å². The number of hydrogen-bond acceptors (Lipinski definition) is 6. The highest BCUT2D eigenvalue weighted by Gasteiger charge is 2.44. The monoisotopic (exact) mass is 497 g/mol. The van der Waals surface area contributed by atoms with Crippen LogP contribution in [-0.2, 0) is 9.47 Å². The predicted molar refractivity (Wildman–Crippen MR) is 120 cm³/mol. The van der Waals surface area contributed by atoms with E-state index in [2.05, 4.69) is 15.9 Å². The number of carbonyl (C=O) groups is 2. The smallest absolute Gasteiger partial charge is 0.337 e. The number of amides is 1. The average molecular weight is 498 g/mol. The molecule has 2 aliphatic rings. The minimum atomic E-state index is -0.631. The Balaban J connectivity index is 1.66. The van der Waals surface area contributed by atoms with E-state index in [1.807, 2.05) is 0 Å². The minimum Gasteiger partial charge on any atom is -0.465 e. The molecule has 3 heterocycles. The SMILES string of the molecule is COC(=O)c1ccc([C@@H]2c3c(oc4ccc(Br)cc4c3=O)C(=O)N2C[C@@H]2CCCO2)cc1. The summed E-state index contributed by atoms with van der Waals surface area (Å²) >= 11 is 3.40. The van der Waals surface area contributed by atoms with Crippen LogP contribution in [0.3, 0.4) is 0 Å². The van der Waals surface area contributed by atoms with E-state index >= 15 is 0 Å². The highest BCUT2D eigenvalue weighted by atomic mass is 79.9. The fourth-order valence-electron chi connectivity index (χ4n) is 4.45. The topological polar surface area (TPSA) is 86.0 Å². The molecule has 2 aliphatic heterocycles. The molecule has 2 atom stereocenters. The quantitative estimate of drug-likeness (QED) is 0.505. The predicted octanol–water partition coefficient (Wildman–Crippen LogP) is 4.07. The van der Waals surface area contributed by atoms with Crippen molar-refractivity contribution in [3.63, 3.8) is 0 Å². The molecule has 2 aromatic carbocycles. The number of ether oxygens (including phenoxy) is 2. The van der Waals surface area contributed by atoms with Gasteiger partial charge in [0.05, 0.1) is 35.8 Å². The maximum atomic E-state index is 13.5. The van der Waals surface area contributed by atoms with Gasteiger partial charge in [-0.25, -0.2) is 4.79 Å². The summed E-state index contributed by atoms with van der Waals surface area (Å²) in [5, 5.41) is 0.404. The van der Waals surface area contributed by atoms with Crippen LogP contribution in [0.2, 0.25) is 0 Å². The first-order valence-corrected chi connectivity index (χ1v) is 11.1. The second kappa shape index (κ2) is 8.18. The van der Waals surface area contributed by atoms with E-state index in [0.717, 1.165) is 17.3 Å². The first-order valence-electron chi connectivity index (χ1n) is 10.3. The minimum absolute atomic E-state index is 0.0601. The molecule has 5 rings (SSSR count). The summed E-state index contributed by atoms with van der Waals surface area (Å²) in [5.41, 5.74) is 1.53. The van der Waals surface area contributed by atoms with E-state index in [-0.39, 0.29) is 23.2 Å². The molecule has 0 radical (unpaired) electrons. The molecule has 1 aromatic heterocycles. The van der Waals surface area contributed by atoms with Crippen molar-refractivity contribution in [2.45, 2.75) is 25.0 Å². The largest absolute Gasteiger partial charge is 0.465 e. The van der Waals surface area contributed by atoms with Crippen molar-refractivity contribution in [3.8, 4) is 0 Å². The number of halogens is 1. The van der Waals surface area contributed by atoms with Crippen molar-refractivity contribution >= 4 is 38.8 Å². The van der Waals surface area contributed by atoms with E-state index in [1.165, 1.54) is 7.11 Å². The van der Waals surface area contributed by atoms with Gasteiger partial charge in [-0.3, -0.25) is 9.59 Å². The lowest BCUT2D eigenvalue weighted by molar-refractivity contribution is 0.0486. The number of fused-ring (bicyclic) bond motifs is 2. The third kappa shape index (κ3) is 3.43. The van der Waals surface area contributed by atoms with Crippen LogP contribution < -0.4 is 5.43 Å². The summed E-state index contributed by atoms with van der Waals surface area (Å²) in [6, 6.07) is 11.3. The number of methoxy groups -OCH3 is 1. The molecular weight excluding hydrogens is 478 g/mol. The summed E-state index contributed by atoms with van der Waals surface area (Å²) < 4.78 is 17.2. The zero-order chi connectivity index (χ0) is 22.4. The normalized spacial score (nSPS) is 20.1. The second-order valence-electron chi connectivity index (χ2n) is 7.92. The van der Waals surface area contributed by atoms with Crippen molar-refractivity contribution in [2.24, 2.45) is 0 Å². The van der Waals surface area contributed by atoms with Crippen LogP contribution in [0.15, 0.2) is 56.1 Å². The molecule has 1 saturated heterocycles. The molecule has 0 saturated carbocycles. The molecule has 0 spiro atoms. The van der Waals surface area contributed by atoms with Crippen molar-refractivity contribution < 1.29 is 23.5 Å². The summed E-state index contributed by atoms with van der Waals surface area (Å²) in [4.78, 5) is 40.4. The van der Waals surface area contributed by atoms with Gasteiger partial charge in [-0.1, -0.05) is 28.1 Å². The van der Waals surface area contributed by atoms with E-state index in [0.29, 0.717) is 40.8 Å². The molecule has 8 heteroatoms. The molecular formula is C24H20BrNO6. The van der Waals surface area contributed by atoms with E-state index in [4.69, 9.17) is 13.9 Å². The van der Waals surface area contributed by atoms with Gasteiger partial charge in [0.2, 0.25) is 5.76 Å². The van der Waals surface area contributed by atoms with E-state index in [1.54, 1.807) is 47.4 Å². The van der Waals surface area contributed by atoms with Crippen LogP contribution in [0, 0.1) is 0 Å². The van der Waals surface area contributed by atoms with E-state index < -0.39 is 12.0 Å². The van der Waals surface area contributed by atoms with Crippen LogP contribution in [0.25, 0.3) is 11.0 Å². The third-order valence-electron chi connectivity index (χ3n) is 6.00. The van der Waals surface area contributed by atoms with Crippen LogP contribution in [0.4, 0.5) is 0 Å². The van der Waals surface area contributed by atoms with Gasteiger partial charge >= 0.3 is 5.97 Å². The summed E-state index contributed by atoms with van der Waals surface area (Å²) in [6.45, 7) is 1.01. The van der Waals surface area contributed by atoms with Crippen LogP contribution in [-0.4, -0.2) is 43.1 Å². The maximum Gasteiger partial charge on any atom is 0.337 e. The second-order valence-corrected chi connectivity index (χ2v) is 8.84. The van der Waals surface area contributed by atoms with Crippen LogP contribution >= 0.6 is 15.9 Å². The maximum absolute atomic E-state index is 13.5. The molecule has 0 bridgehead atoms. The summed E-state index contributed by atoms with van der Waals surface area (Å²) in [5.74, 6) is -0.727. The third-order valence-corrected chi connectivity index (χ3v) is 6.49. The number of nitrogens with zero attached hydrogens (tertiary/aromatic N) is 1. The standard InChI is InChI=1S/C24H20BrNO6/c1-30-24(29)14-6-4-13(5-7-14)20-19-21(27)17-11-15(25)8-9-18(17)32-22(19)23(28)26(20)12-16-3-2-10-31-16/h4-9,11,16,20H,2-3,10,12H2,1H3/t16-,20+/m0/s1. The first-order chi connectivity index (χ1) is 15.5. The summed E-state index contributed by atoms with van der Waals surface area (Å²) in [6.07, 6.45) is 1.70. The summed E-state index contributed by atoms with van der Waals surface area (Å²) in [7, 11) is 1.32. The number of rotatable bonds is 4. The lowest BCUT2D eigenvalue weighted by Crippen LogP contribution is -2.36. The molecule has 32 heavy (non-hydrogen) atoms. The van der Waals surface area contributed by atoms with Gasteiger partial charge in [-0.05, 0) is 48.7 Å². The van der Waals surface area contributed by atoms with Gasteiger partial charge in [0.1, 0.15) is 5.58 Å². The van der Waals surface area contributed by atoms with Gasteiger partial charge in [0.15, 0.2) is 5.43 Å². The van der Waals surface area contributed by atoms with Crippen molar-refractivity contribution in [1.82, 2.24) is 4.90 Å². The zero-order valence-electron chi connectivity index (χ0n) is 17.3. The van der Waals surface area contributed by atoms with Crippen molar-refractivity contribution in [1.29, 1.82) is 0 Å². The van der Waals surface area contributed by atoms with Crippen LogP contribution in [0.5, 0.6) is 0 Å². The van der Waals surface area contributed by atoms with Gasteiger partial charge in [-0.15, -0.1) is 0 Å². The highest BCUT2D eigenvalue weighted by Crippen LogP contribution is 2.39. The molecule has 1 amide bonds. The number of hydrogen-bond donors (Lipinski definition) is 0. The zero-order valence-corrected chi connectivity index (χ0v) is 18.9. The number of benzene rings is 2. The molecule has 164 valence electrons. The van der Waals surface area contributed by atoms with Crippen molar-refractivity contribution in [2.75, 3.05) is 20.3 Å². The molecule has 0 unspecified atom stereocenters. The molecule has 7 nitrogen and oxygen atoms in total. The van der Waals surface area contributed by atoms with Crippen LogP contribution in [0.1, 0.15) is 50.9 Å². The van der Waals surface area contributed by atoms with Crippen molar-refractivity contribution in [3.05, 3.63) is 79.6 Å². The Morgan fingerprint density at radius 3 is 2.66 bits per heavy atom. The molecule has 0 aliphatic carbocycles. The molecule has 0 N–H and O–H groups in total. The highest BCUT2D eigenvalue weighted by molar-refractivity contribution is 9.10. The first kappa shape index (κ1) is 20.9. The lowest BCUT2D eigenvalue weighted by atomic mass is 9.97. The Bertz CT molecular complexity index is 1280. The van der Waals surface area contributed by atoms with Gasteiger partial charge in [-0.2, -0.15) is 0 Å². The lowest BCUT2D eigenvalue weighted by Gasteiger charge is -2.27.